The molecule has 4 fully saturated rings. The number of carboxylic acids is 1. The van der Waals surface area contributed by atoms with Crippen molar-refractivity contribution in [2.45, 2.75) is 112 Å². The zero-order valence-electron chi connectivity index (χ0n) is 22.7. The number of fused-ring (bicyclic) bond motifs is 7. The molecule has 0 aromatic carbocycles. The van der Waals surface area contributed by atoms with E-state index in [2.05, 4.69) is 47.6 Å². The molecule has 0 aromatic heterocycles. The van der Waals surface area contributed by atoms with Crippen LogP contribution in [0.5, 0.6) is 0 Å². The normalized spacial score (nSPS) is 55.0. The van der Waals surface area contributed by atoms with E-state index in [0.717, 1.165) is 44.9 Å². The zero-order chi connectivity index (χ0) is 25.8. The second-order valence-electron chi connectivity index (χ2n) is 14.9. The molecule has 0 radical (unpaired) electrons. The molecule has 0 spiro atoms. The summed E-state index contributed by atoms with van der Waals surface area (Å²) < 4.78 is 0. The monoisotopic (exact) mass is 488 g/mol. The van der Waals surface area contributed by atoms with Gasteiger partial charge in [0, 0.05) is 11.3 Å². The van der Waals surface area contributed by atoms with Crippen molar-refractivity contribution in [1.29, 1.82) is 0 Å². The van der Waals surface area contributed by atoms with Gasteiger partial charge in [-0.1, -0.05) is 53.2 Å². The van der Waals surface area contributed by atoms with Crippen LogP contribution in [0.2, 0.25) is 0 Å². The van der Waals surface area contributed by atoms with E-state index in [0.29, 0.717) is 18.8 Å². The Morgan fingerprint density at radius 2 is 1.57 bits per heavy atom. The molecule has 5 heteroatoms. The Labute approximate surface area is 211 Å². The lowest BCUT2D eigenvalue weighted by atomic mass is 9.33. The first kappa shape index (κ1) is 25.7. The van der Waals surface area contributed by atoms with Gasteiger partial charge < -0.3 is 20.4 Å². The Bertz CT molecular complexity index is 941. The third-order valence-electron chi connectivity index (χ3n) is 13.4. The highest BCUT2D eigenvalue weighted by atomic mass is 16.4. The van der Waals surface area contributed by atoms with Gasteiger partial charge in [0.15, 0.2) is 0 Å². The molecule has 35 heavy (non-hydrogen) atoms. The van der Waals surface area contributed by atoms with E-state index < -0.39 is 29.0 Å². The average molecular weight is 489 g/mol. The fraction of sp³-hybridized carbons (Fsp3) is 0.900. The van der Waals surface area contributed by atoms with E-state index >= 15 is 0 Å². The summed E-state index contributed by atoms with van der Waals surface area (Å²) in [5, 5.41) is 43.5. The van der Waals surface area contributed by atoms with E-state index in [1.807, 2.05) is 0 Å². The van der Waals surface area contributed by atoms with Gasteiger partial charge in [-0.3, -0.25) is 4.79 Å². The third-order valence-corrected chi connectivity index (χ3v) is 13.4. The van der Waals surface area contributed by atoms with E-state index in [1.165, 1.54) is 5.57 Å². The molecule has 0 heterocycles. The summed E-state index contributed by atoms with van der Waals surface area (Å²) in [5.74, 6) is -0.391. The van der Waals surface area contributed by atoms with Gasteiger partial charge in [0.2, 0.25) is 0 Å². The molecule has 5 aliphatic carbocycles. The number of carbonyl (C=O) groups is 1. The molecule has 0 aliphatic heterocycles. The van der Waals surface area contributed by atoms with Crippen LogP contribution in [0.4, 0.5) is 0 Å². The summed E-state index contributed by atoms with van der Waals surface area (Å²) in [7, 11) is 0. The largest absolute Gasteiger partial charge is 0.481 e. The minimum absolute atomic E-state index is 0.00698. The third kappa shape index (κ3) is 2.95. The van der Waals surface area contributed by atoms with Crippen molar-refractivity contribution >= 4 is 5.97 Å². The van der Waals surface area contributed by atoms with Crippen LogP contribution in [0.25, 0.3) is 0 Å². The predicted molar refractivity (Wildman–Crippen MR) is 135 cm³/mol. The van der Waals surface area contributed by atoms with Crippen molar-refractivity contribution in [1.82, 2.24) is 0 Å². The highest BCUT2D eigenvalue weighted by Crippen LogP contribution is 2.75. The summed E-state index contributed by atoms with van der Waals surface area (Å²) in [6.07, 6.45) is 8.65. The molecule has 10 atom stereocenters. The number of hydrogen-bond acceptors (Lipinski definition) is 4. The lowest BCUT2D eigenvalue weighted by molar-refractivity contribution is -0.221. The molecule has 0 amide bonds. The van der Waals surface area contributed by atoms with Gasteiger partial charge in [-0.25, -0.2) is 0 Å². The van der Waals surface area contributed by atoms with Crippen LogP contribution in [0.1, 0.15) is 99.3 Å². The van der Waals surface area contributed by atoms with Crippen LogP contribution in [-0.4, -0.2) is 45.2 Å². The number of hydrogen-bond donors (Lipinski definition) is 4. The molecule has 5 nitrogen and oxygen atoms in total. The lowest BCUT2D eigenvalue weighted by Gasteiger charge is -2.71. The van der Waals surface area contributed by atoms with E-state index in [-0.39, 0.29) is 40.1 Å². The topological polar surface area (TPSA) is 98.0 Å². The molecule has 3 unspecified atom stereocenters. The highest BCUT2D eigenvalue weighted by molar-refractivity contribution is 5.77. The van der Waals surface area contributed by atoms with Gasteiger partial charge in [0.25, 0.3) is 0 Å². The van der Waals surface area contributed by atoms with Crippen molar-refractivity contribution < 1.29 is 25.2 Å². The van der Waals surface area contributed by atoms with Gasteiger partial charge >= 0.3 is 5.97 Å². The Morgan fingerprint density at radius 1 is 0.914 bits per heavy atom. The maximum absolute atomic E-state index is 12.8. The maximum Gasteiger partial charge on any atom is 0.310 e. The van der Waals surface area contributed by atoms with Crippen molar-refractivity contribution in [2.24, 2.45) is 50.2 Å². The Hall–Kier alpha value is -0.910. The van der Waals surface area contributed by atoms with Crippen molar-refractivity contribution in [2.75, 3.05) is 6.61 Å². The molecule has 5 aliphatic rings. The fourth-order valence-corrected chi connectivity index (χ4v) is 10.6. The smallest absolute Gasteiger partial charge is 0.310 e. The zero-order valence-corrected chi connectivity index (χ0v) is 22.7. The quantitative estimate of drug-likeness (QED) is 0.402. The summed E-state index contributed by atoms with van der Waals surface area (Å²) in [5.41, 5.74) is -0.579. The molecule has 4 saturated carbocycles. The molecular formula is C30H48O5. The Kier molecular flexibility index (Phi) is 5.56. The second-order valence-corrected chi connectivity index (χ2v) is 14.9. The first-order chi connectivity index (χ1) is 16.1. The number of carboxylic acid groups (broad SMARTS) is 1. The number of aliphatic carboxylic acids is 1. The maximum atomic E-state index is 12.8. The summed E-state index contributed by atoms with van der Waals surface area (Å²) in [6, 6.07) is 0. The van der Waals surface area contributed by atoms with Gasteiger partial charge in [-0.15, -0.1) is 0 Å². The SMILES string of the molecule is CC1(C)CC[C@]2(C(=O)O)CC[C@]3(C)C(=CCC4[C@@]5(C)CC[C@H](O)[C@@](C)(CO)C5CC[C@]43C)C2[C@@H]1O. The predicted octanol–water partition coefficient (Wildman–Crippen LogP) is 5.18. The molecule has 198 valence electrons. The van der Waals surface area contributed by atoms with Gasteiger partial charge in [-0.05, 0) is 91.3 Å². The number of aliphatic hydroxyl groups excluding tert-OH is 3. The number of rotatable bonds is 2. The van der Waals surface area contributed by atoms with E-state index in [4.69, 9.17) is 0 Å². The minimum Gasteiger partial charge on any atom is -0.481 e. The van der Waals surface area contributed by atoms with Crippen molar-refractivity contribution in [3.63, 3.8) is 0 Å². The molecule has 0 saturated heterocycles. The summed E-state index contributed by atoms with van der Waals surface area (Å²) >= 11 is 0. The van der Waals surface area contributed by atoms with Gasteiger partial charge in [0.1, 0.15) is 0 Å². The Morgan fingerprint density at radius 3 is 2.20 bits per heavy atom. The van der Waals surface area contributed by atoms with Crippen LogP contribution < -0.4 is 0 Å². The standard InChI is InChI=1S/C30H48O5/c1-25(2)13-15-30(24(34)35)16-14-28(5)18(22(30)23(25)33)7-8-20-26(3)11-10-21(32)27(4,17-31)19(26)9-12-29(20,28)6/h7,19-23,31-33H,8-17H2,1-6H3,(H,34,35)/t19?,20?,21-,22?,23-,26-,27-,28+,29+,30-/m0/s1. The highest BCUT2D eigenvalue weighted by Gasteiger charge is 2.70. The molecular weight excluding hydrogens is 440 g/mol. The van der Waals surface area contributed by atoms with Crippen molar-refractivity contribution in [3.8, 4) is 0 Å². The number of aliphatic hydroxyl groups is 3. The van der Waals surface area contributed by atoms with Crippen LogP contribution >= 0.6 is 0 Å². The lowest BCUT2D eigenvalue weighted by Crippen LogP contribution is -2.67. The summed E-state index contributed by atoms with van der Waals surface area (Å²) in [6.45, 7) is 13.5. The van der Waals surface area contributed by atoms with Gasteiger partial charge in [0.05, 0.1) is 24.2 Å². The molecule has 0 bridgehead atoms. The minimum atomic E-state index is -0.866. The van der Waals surface area contributed by atoms with Crippen LogP contribution in [0, 0.1) is 50.2 Å². The fourth-order valence-electron chi connectivity index (χ4n) is 10.6. The van der Waals surface area contributed by atoms with Crippen molar-refractivity contribution in [3.05, 3.63) is 11.6 Å². The van der Waals surface area contributed by atoms with E-state index in [9.17, 15) is 25.2 Å². The number of allylic oxidation sites excluding steroid dienone is 1. The van der Waals surface area contributed by atoms with Crippen LogP contribution in [0.3, 0.4) is 0 Å². The second kappa shape index (κ2) is 7.57. The molecule has 4 N–H and O–H groups in total. The van der Waals surface area contributed by atoms with Gasteiger partial charge in [-0.2, -0.15) is 0 Å². The summed E-state index contributed by atoms with van der Waals surface area (Å²) in [4.78, 5) is 12.8. The van der Waals surface area contributed by atoms with E-state index in [1.54, 1.807) is 0 Å². The molecule has 5 rings (SSSR count). The van der Waals surface area contributed by atoms with Crippen LogP contribution in [0.15, 0.2) is 11.6 Å². The van der Waals surface area contributed by atoms with Crippen LogP contribution in [-0.2, 0) is 4.79 Å². The first-order valence-electron chi connectivity index (χ1n) is 14.0. The average Bonchev–Trinajstić information content (AvgIpc) is 2.79. The molecule has 0 aromatic rings. The first-order valence-corrected chi connectivity index (χ1v) is 14.0. The Balaban J connectivity index is 1.62.